The fourth-order valence-electron chi connectivity index (χ4n) is 2.94. The molecule has 0 bridgehead atoms. The molecule has 2 aliphatic heterocycles. The zero-order valence-electron chi connectivity index (χ0n) is 12.1. The minimum absolute atomic E-state index is 0.243. The molecule has 2 heterocycles. The zero-order chi connectivity index (χ0) is 16.2. The summed E-state index contributed by atoms with van der Waals surface area (Å²) in [5.41, 5.74) is 0.484. The van der Waals surface area contributed by atoms with Crippen molar-refractivity contribution in [3.05, 3.63) is 58.6 Å². The highest BCUT2D eigenvalue weighted by molar-refractivity contribution is 6.30. The van der Waals surface area contributed by atoms with E-state index < -0.39 is 11.7 Å². The van der Waals surface area contributed by atoms with E-state index in [1.165, 1.54) is 0 Å². The van der Waals surface area contributed by atoms with E-state index in [-0.39, 0.29) is 11.7 Å². The molecule has 1 spiro atoms. The molecule has 23 heavy (non-hydrogen) atoms. The summed E-state index contributed by atoms with van der Waals surface area (Å²) in [6.45, 7) is 0. The topological polar surface area (TPSA) is 67.9 Å². The van der Waals surface area contributed by atoms with Crippen molar-refractivity contribution in [2.75, 3.05) is 12.4 Å². The van der Waals surface area contributed by atoms with Crippen LogP contribution in [0.25, 0.3) is 0 Å². The van der Waals surface area contributed by atoms with Crippen molar-refractivity contribution < 1.29 is 19.1 Å². The van der Waals surface area contributed by atoms with Crippen LogP contribution in [0.2, 0.25) is 5.02 Å². The van der Waals surface area contributed by atoms with E-state index >= 15 is 0 Å². The molecule has 2 unspecified atom stereocenters. The second kappa shape index (κ2) is 4.81. The minimum atomic E-state index is -1.25. The van der Waals surface area contributed by atoms with Crippen LogP contribution in [0, 0.1) is 0 Å². The standard InChI is InChI=1S/C17H12ClNO4/c1-22-11-6-7-13-12(8-11)17(16(21)19-13)15(23-17)14(20)9-2-4-10(18)5-3-9/h2-8,15H,1H3,(H,19,21). The highest BCUT2D eigenvalue weighted by Crippen LogP contribution is 2.55. The Labute approximate surface area is 137 Å². The van der Waals surface area contributed by atoms with Gasteiger partial charge in [0.05, 0.1) is 7.11 Å². The van der Waals surface area contributed by atoms with E-state index in [2.05, 4.69) is 5.32 Å². The second-order valence-corrected chi connectivity index (χ2v) is 5.91. The first-order valence-corrected chi connectivity index (χ1v) is 7.41. The summed E-state index contributed by atoms with van der Waals surface area (Å²) in [5.74, 6) is 0.0355. The lowest BCUT2D eigenvalue weighted by Gasteiger charge is -2.05. The Morgan fingerprint density at radius 2 is 2.00 bits per heavy atom. The number of benzene rings is 2. The zero-order valence-corrected chi connectivity index (χ0v) is 12.9. The minimum Gasteiger partial charge on any atom is -0.497 e. The second-order valence-electron chi connectivity index (χ2n) is 5.47. The van der Waals surface area contributed by atoms with Crippen LogP contribution in [0.4, 0.5) is 5.69 Å². The number of nitrogens with one attached hydrogen (secondary N) is 1. The van der Waals surface area contributed by atoms with Crippen LogP contribution < -0.4 is 10.1 Å². The van der Waals surface area contributed by atoms with Gasteiger partial charge in [-0.2, -0.15) is 0 Å². The Bertz CT molecular complexity index is 833. The first kappa shape index (κ1) is 14.2. The van der Waals surface area contributed by atoms with Crippen molar-refractivity contribution in [1.29, 1.82) is 0 Å². The smallest absolute Gasteiger partial charge is 0.264 e. The number of ether oxygens (including phenoxy) is 2. The number of anilines is 1. The number of fused-ring (bicyclic) bond motifs is 2. The fraction of sp³-hybridized carbons (Fsp3) is 0.176. The Morgan fingerprint density at radius 1 is 1.26 bits per heavy atom. The largest absolute Gasteiger partial charge is 0.497 e. The Hall–Kier alpha value is -2.37. The van der Waals surface area contributed by atoms with Gasteiger partial charge in [-0.15, -0.1) is 0 Å². The number of carbonyl (C=O) groups is 2. The molecule has 0 radical (unpaired) electrons. The Balaban J connectivity index is 1.71. The molecule has 6 heteroatoms. The van der Waals surface area contributed by atoms with Crippen LogP contribution in [-0.4, -0.2) is 24.9 Å². The first-order chi connectivity index (χ1) is 11.1. The maximum absolute atomic E-state index is 12.6. The number of hydrogen-bond donors (Lipinski definition) is 1. The lowest BCUT2D eigenvalue weighted by atomic mass is 9.92. The maximum atomic E-state index is 12.6. The van der Waals surface area contributed by atoms with Crippen molar-refractivity contribution >= 4 is 29.0 Å². The molecule has 0 saturated carbocycles. The van der Waals surface area contributed by atoms with E-state index in [9.17, 15) is 9.59 Å². The molecule has 4 rings (SSSR count). The monoisotopic (exact) mass is 329 g/mol. The molecule has 2 atom stereocenters. The molecule has 5 nitrogen and oxygen atoms in total. The molecule has 2 aromatic carbocycles. The summed E-state index contributed by atoms with van der Waals surface area (Å²) in [4.78, 5) is 25.0. The van der Waals surface area contributed by atoms with Gasteiger partial charge in [0.1, 0.15) is 5.75 Å². The number of hydrogen-bond acceptors (Lipinski definition) is 4. The van der Waals surface area contributed by atoms with Gasteiger partial charge in [0, 0.05) is 21.8 Å². The van der Waals surface area contributed by atoms with Crippen LogP contribution in [0.5, 0.6) is 5.75 Å². The summed E-state index contributed by atoms with van der Waals surface area (Å²) in [5, 5.41) is 3.30. The summed E-state index contributed by atoms with van der Waals surface area (Å²) in [7, 11) is 1.54. The highest BCUT2D eigenvalue weighted by atomic mass is 35.5. The molecule has 1 saturated heterocycles. The van der Waals surface area contributed by atoms with Crippen LogP contribution in [-0.2, 0) is 15.1 Å². The van der Waals surface area contributed by atoms with Gasteiger partial charge in [-0.1, -0.05) is 11.6 Å². The van der Waals surface area contributed by atoms with Crippen LogP contribution >= 0.6 is 11.6 Å². The van der Waals surface area contributed by atoms with Crippen molar-refractivity contribution in [3.63, 3.8) is 0 Å². The molecule has 2 aliphatic rings. The number of Topliss-reactive ketones (excluding diaryl/α,β-unsaturated/α-hetero) is 1. The first-order valence-electron chi connectivity index (χ1n) is 7.04. The van der Waals surface area contributed by atoms with Gasteiger partial charge in [-0.25, -0.2) is 0 Å². The fourth-order valence-corrected chi connectivity index (χ4v) is 3.06. The van der Waals surface area contributed by atoms with Gasteiger partial charge >= 0.3 is 0 Å². The van der Waals surface area contributed by atoms with E-state index in [0.29, 0.717) is 27.6 Å². The molecule has 0 aliphatic carbocycles. The number of amides is 1. The molecular weight excluding hydrogens is 318 g/mol. The van der Waals surface area contributed by atoms with E-state index in [4.69, 9.17) is 21.1 Å². The van der Waals surface area contributed by atoms with Crippen LogP contribution in [0.3, 0.4) is 0 Å². The van der Waals surface area contributed by atoms with Gasteiger partial charge in [-0.3, -0.25) is 9.59 Å². The predicted octanol–water partition coefficient (Wildman–Crippen LogP) is 2.78. The highest BCUT2D eigenvalue weighted by Gasteiger charge is 2.70. The van der Waals surface area contributed by atoms with Crippen molar-refractivity contribution in [2.45, 2.75) is 11.7 Å². The molecular formula is C17H12ClNO4. The van der Waals surface area contributed by atoms with Gasteiger partial charge in [0.15, 0.2) is 11.9 Å². The van der Waals surface area contributed by atoms with Crippen LogP contribution in [0.1, 0.15) is 15.9 Å². The quantitative estimate of drug-likeness (QED) is 0.694. The molecule has 2 aromatic rings. The Morgan fingerprint density at radius 3 is 2.70 bits per heavy atom. The number of carbonyl (C=O) groups excluding carboxylic acids is 2. The lowest BCUT2D eigenvalue weighted by molar-refractivity contribution is -0.120. The van der Waals surface area contributed by atoms with E-state index in [1.807, 2.05) is 0 Å². The average molecular weight is 330 g/mol. The number of methoxy groups -OCH3 is 1. The average Bonchev–Trinajstić information content (AvgIpc) is 3.25. The van der Waals surface area contributed by atoms with Gasteiger partial charge in [0.25, 0.3) is 5.91 Å². The van der Waals surface area contributed by atoms with E-state index in [0.717, 1.165) is 0 Å². The normalized spacial score (nSPS) is 24.3. The van der Waals surface area contributed by atoms with Crippen LogP contribution in [0.15, 0.2) is 42.5 Å². The third kappa shape index (κ3) is 1.97. The third-order valence-electron chi connectivity index (χ3n) is 4.20. The molecule has 1 N–H and O–H groups in total. The summed E-state index contributed by atoms with van der Waals surface area (Å²) in [6, 6.07) is 11.7. The number of epoxide rings is 1. The molecule has 1 fully saturated rings. The SMILES string of the molecule is COc1ccc2c(c1)C1(OC1C(=O)c1ccc(Cl)cc1)C(=O)N2. The van der Waals surface area contributed by atoms with E-state index in [1.54, 1.807) is 49.6 Å². The number of ketones is 1. The number of rotatable bonds is 3. The van der Waals surface area contributed by atoms with Crippen molar-refractivity contribution in [2.24, 2.45) is 0 Å². The van der Waals surface area contributed by atoms with Gasteiger partial charge in [-0.05, 0) is 42.5 Å². The van der Waals surface area contributed by atoms with Crippen molar-refractivity contribution in [1.82, 2.24) is 0 Å². The van der Waals surface area contributed by atoms with Gasteiger partial charge in [0.2, 0.25) is 5.60 Å². The Kier molecular flexibility index (Phi) is 2.98. The molecule has 0 aromatic heterocycles. The molecule has 116 valence electrons. The summed E-state index contributed by atoms with van der Waals surface area (Å²) < 4.78 is 10.8. The summed E-state index contributed by atoms with van der Waals surface area (Å²) in [6.07, 6.45) is -0.836. The maximum Gasteiger partial charge on any atom is 0.264 e. The number of halogens is 1. The van der Waals surface area contributed by atoms with Crippen molar-refractivity contribution in [3.8, 4) is 5.75 Å². The van der Waals surface area contributed by atoms with Gasteiger partial charge < -0.3 is 14.8 Å². The summed E-state index contributed by atoms with van der Waals surface area (Å²) >= 11 is 5.84. The lowest BCUT2D eigenvalue weighted by Crippen LogP contribution is -2.27. The predicted molar refractivity (Wildman–Crippen MR) is 84.0 cm³/mol. The molecule has 1 amide bonds. The third-order valence-corrected chi connectivity index (χ3v) is 4.45.